The first kappa shape index (κ1) is 14.1. The standard InChI is InChI=1S/C12H20N2O2S/c1-4-6-14(8-12(15)16-3)7-5-11-10(2)13-9-17-11/h9H,4-8H2,1-3H3. The number of nitrogens with zero attached hydrogens (tertiary/aromatic N) is 2. The van der Waals surface area contributed by atoms with Gasteiger partial charge in [0.25, 0.3) is 0 Å². The van der Waals surface area contributed by atoms with Crippen LogP contribution in [-0.4, -0.2) is 42.6 Å². The molecular formula is C12H20N2O2S. The summed E-state index contributed by atoms with van der Waals surface area (Å²) in [7, 11) is 1.43. The Morgan fingerprint density at radius 1 is 1.53 bits per heavy atom. The maximum atomic E-state index is 11.3. The largest absolute Gasteiger partial charge is 0.468 e. The molecule has 0 bridgehead atoms. The van der Waals surface area contributed by atoms with Gasteiger partial charge < -0.3 is 4.74 Å². The van der Waals surface area contributed by atoms with Gasteiger partial charge in [-0.25, -0.2) is 4.98 Å². The molecule has 4 nitrogen and oxygen atoms in total. The Morgan fingerprint density at radius 3 is 2.82 bits per heavy atom. The van der Waals surface area contributed by atoms with Gasteiger partial charge in [0.15, 0.2) is 0 Å². The molecule has 0 atom stereocenters. The molecule has 1 heterocycles. The maximum Gasteiger partial charge on any atom is 0.319 e. The molecule has 17 heavy (non-hydrogen) atoms. The molecule has 0 aliphatic carbocycles. The number of aryl methyl sites for hydroxylation is 1. The van der Waals surface area contributed by atoms with Crippen molar-refractivity contribution in [2.75, 3.05) is 26.7 Å². The molecule has 1 aromatic heterocycles. The molecule has 0 amide bonds. The van der Waals surface area contributed by atoms with E-state index in [1.54, 1.807) is 11.3 Å². The molecule has 0 aliphatic heterocycles. The van der Waals surface area contributed by atoms with Gasteiger partial charge in [0.2, 0.25) is 0 Å². The van der Waals surface area contributed by atoms with E-state index in [1.165, 1.54) is 12.0 Å². The second kappa shape index (κ2) is 7.40. The molecule has 0 spiro atoms. The molecule has 0 unspecified atom stereocenters. The van der Waals surface area contributed by atoms with Crippen LogP contribution in [0.1, 0.15) is 23.9 Å². The molecule has 5 heteroatoms. The molecule has 0 saturated carbocycles. The molecule has 0 saturated heterocycles. The van der Waals surface area contributed by atoms with Crippen LogP contribution in [0.2, 0.25) is 0 Å². The molecule has 1 rings (SSSR count). The van der Waals surface area contributed by atoms with Crippen LogP contribution in [0.5, 0.6) is 0 Å². The van der Waals surface area contributed by atoms with Crippen molar-refractivity contribution in [2.45, 2.75) is 26.7 Å². The molecule has 96 valence electrons. The number of hydrogen-bond donors (Lipinski definition) is 0. The number of ether oxygens (including phenoxy) is 1. The van der Waals surface area contributed by atoms with Gasteiger partial charge in [0.05, 0.1) is 24.9 Å². The van der Waals surface area contributed by atoms with Gasteiger partial charge in [-0.05, 0) is 26.3 Å². The second-order valence-corrected chi connectivity index (χ2v) is 4.90. The lowest BCUT2D eigenvalue weighted by molar-refractivity contribution is -0.141. The smallest absolute Gasteiger partial charge is 0.319 e. The first-order valence-electron chi connectivity index (χ1n) is 5.85. The number of aromatic nitrogens is 1. The summed E-state index contributed by atoms with van der Waals surface area (Å²) >= 11 is 1.68. The predicted octanol–water partition coefficient (Wildman–Crippen LogP) is 1.88. The highest BCUT2D eigenvalue weighted by molar-refractivity contribution is 7.09. The Hall–Kier alpha value is -0.940. The number of thiazole rings is 1. The average molecular weight is 256 g/mol. The van der Waals surface area contributed by atoms with E-state index in [-0.39, 0.29) is 5.97 Å². The fraction of sp³-hybridized carbons (Fsp3) is 0.667. The first-order valence-corrected chi connectivity index (χ1v) is 6.73. The molecule has 0 radical (unpaired) electrons. The second-order valence-electron chi connectivity index (χ2n) is 3.96. The number of hydrogen-bond acceptors (Lipinski definition) is 5. The van der Waals surface area contributed by atoms with Crippen molar-refractivity contribution >= 4 is 17.3 Å². The minimum Gasteiger partial charge on any atom is -0.468 e. The van der Waals surface area contributed by atoms with E-state index in [2.05, 4.69) is 16.8 Å². The Kier molecular flexibility index (Phi) is 6.15. The Labute approximate surface area is 107 Å². The summed E-state index contributed by atoms with van der Waals surface area (Å²) in [6.07, 6.45) is 1.99. The summed E-state index contributed by atoms with van der Waals surface area (Å²) in [6, 6.07) is 0. The lowest BCUT2D eigenvalue weighted by Gasteiger charge is -2.19. The van der Waals surface area contributed by atoms with Crippen LogP contribution >= 0.6 is 11.3 Å². The zero-order chi connectivity index (χ0) is 12.7. The highest BCUT2D eigenvalue weighted by Crippen LogP contribution is 2.13. The number of carbonyl (C=O) groups is 1. The normalized spacial score (nSPS) is 10.8. The van der Waals surface area contributed by atoms with Crippen LogP contribution < -0.4 is 0 Å². The van der Waals surface area contributed by atoms with Crippen LogP contribution in [0.15, 0.2) is 5.51 Å². The minimum absolute atomic E-state index is 0.167. The summed E-state index contributed by atoms with van der Waals surface area (Å²) in [6.45, 7) is 6.32. The van der Waals surface area contributed by atoms with Crippen molar-refractivity contribution in [1.29, 1.82) is 0 Å². The van der Waals surface area contributed by atoms with Gasteiger partial charge in [-0.3, -0.25) is 9.69 Å². The molecule has 0 fully saturated rings. The van der Waals surface area contributed by atoms with Crippen molar-refractivity contribution in [1.82, 2.24) is 9.88 Å². The third-order valence-corrected chi connectivity index (χ3v) is 3.62. The van der Waals surface area contributed by atoms with Crippen LogP contribution in [0.25, 0.3) is 0 Å². The zero-order valence-electron chi connectivity index (χ0n) is 10.7. The van der Waals surface area contributed by atoms with Crippen molar-refractivity contribution < 1.29 is 9.53 Å². The van der Waals surface area contributed by atoms with Crippen LogP contribution in [0.4, 0.5) is 0 Å². The lowest BCUT2D eigenvalue weighted by atomic mass is 10.2. The molecule has 0 aliphatic rings. The summed E-state index contributed by atoms with van der Waals surface area (Å²) in [5, 5.41) is 0. The molecular weight excluding hydrogens is 236 g/mol. The maximum absolute atomic E-state index is 11.3. The summed E-state index contributed by atoms with van der Waals surface area (Å²) in [5.74, 6) is -0.167. The molecule has 0 N–H and O–H groups in total. The Bertz CT molecular complexity index is 352. The van der Waals surface area contributed by atoms with Gasteiger partial charge in [0.1, 0.15) is 0 Å². The van der Waals surface area contributed by atoms with E-state index in [9.17, 15) is 4.79 Å². The molecule has 1 aromatic rings. The summed E-state index contributed by atoms with van der Waals surface area (Å²) in [4.78, 5) is 18.9. The van der Waals surface area contributed by atoms with E-state index in [4.69, 9.17) is 4.74 Å². The number of methoxy groups -OCH3 is 1. The topological polar surface area (TPSA) is 42.4 Å². The number of rotatable bonds is 7. The highest BCUT2D eigenvalue weighted by atomic mass is 32.1. The number of carbonyl (C=O) groups excluding carboxylic acids is 1. The zero-order valence-corrected chi connectivity index (χ0v) is 11.5. The average Bonchev–Trinajstić information content (AvgIpc) is 2.72. The van der Waals surface area contributed by atoms with Gasteiger partial charge in [0, 0.05) is 11.4 Å². The monoisotopic (exact) mass is 256 g/mol. The molecule has 0 aromatic carbocycles. The summed E-state index contributed by atoms with van der Waals surface area (Å²) < 4.78 is 4.70. The van der Waals surface area contributed by atoms with Crippen LogP contribution in [0.3, 0.4) is 0 Å². The fourth-order valence-electron chi connectivity index (χ4n) is 1.66. The van der Waals surface area contributed by atoms with E-state index in [0.717, 1.165) is 31.6 Å². The quantitative estimate of drug-likeness (QED) is 0.699. The predicted molar refractivity (Wildman–Crippen MR) is 69.3 cm³/mol. The van der Waals surface area contributed by atoms with Crippen molar-refractivity contribution in [3.05, 3.63) is 16.1 Å². The Morgan fingerprint density at radius 2 is 2.29 bits per heavy atom. The highest BCUT2D eigenvalue weighted by Gasteiger charge is 2.11. The van der Waals surface area contributed by atoms with E-state index < -0.39 is 0 Å². The van der Waals surface area contributed by atoms with Crippen LogP contribution in [-0.2, 0) is 16.0 Å². The van der Waals surface area contributed by atoms with Gasteiger partial charge in [-0.15, -0.1) is 11.3 Å². The lowest BCUT2D eigenvalue weighted by Crippen LogP contribution is -2.33. The first-order chi connectivity index (χ1) is 8.17. The minimum atomic E-state index is -0.167. The van der Waals surface area contributed by atoms with Crippen molar-refractivity contribution in [3.63, 3.8) is 0 Å². The van der Waals surface area contributed by atoms with E-state index >= 15 is 0 Å². The van der Waals surface area contributed by atoms with E-state index in [0.29, 0.717) is 6.54 Å². The Balaban J connectivity index is 2.44. The fourth-order valence-corrected chi connectivity index (χ4v) is 2.43. The van der Waals surface area contributed by atoms with Crippen molar-refractivity contribution in [3.8, 4) is 0 Å². The summed E-state index contributed by atoms with van der Waals surface area (Å²) in [5.41, 5.74) is 2.97. The number of esters is 1. The van der Waals surface area contributed by atoms with Gasteiger partial charge in [-0.2, -0.15) is 0 Å². The third-order valence-electron chi connectivity index (χ3n) is 2.62. The van der Waals surface area contributed by atoms with Crippen molar-refractivity contribution in [2.24, 2.45) is 0 Å². The SMILES string of the molecule is CCCN(CCc1scnc1C)CC(=O)OC. The van der Waals surface area contributed by atoms with Crippen LogP contribution in [0, 0.1) is 6.92 Å². The van der Waals surface area contributed by atoms with E-state index in [1.807, 2.05) is 12.4 Å². The van der Waals surface area contributed by atoms with Gasteiger partial charge in [-0.1, -0.05) is 6.92 Å². The third kappa shape index (κ3) is 4.83. The van der Waals surface area contributed by atoms with Gasteiger partial charge >= 0.3 is 5.97 Å².